The van der Waals surface area contributed by atoms with E-state index in [1.54, 1.807) is 0 Å². The number of hydrogen-bond acceptors (Lipinski definition) is 3. The molecule has 0 aliphatic rings. The molecule has 0 aliphatic carbocycles. The summed E-state index contributed by atoms with van der Waals surface area (Å²) < 4.78 is 5.60. The molecule has 21 heavy (non-hydrogen) atoms. The lowest BCUT2D eigenvalue weighted by Gasteiger charge is -2.18. The lowest BCUT2D eigenvalue weighted by Crippen LogP contribution is -2.35. The largest absolute Gasteiger partial charge is 0.491 e. The van der Waals surface area contributed by atoms with Gasteiger partial charge < -0.3 is 15.4 Å². The van der Waals surface area contributed by atoms with Crippen LogP contribution in [-0.4, -0.2) is 25.6 Å². The predicted molar refractivity (Wildman–Crippen MR) is 89.1 cm³/mol. The molecule has 4 nitrogen and oxygen atoms in total. The van der Waals surface area contributed by atoms with E-state index in [1.807, 2.05) is 59.0 Å². The first-order valence-electron chi connectivity index (χ1n) is 7.15. The minimum absolute atomic E-state index is 0. The van der Waals surface area contributed by atoms with Crippen LogP contribution in [0, 0.1) is 5.92 Å². The molecule has 2 unspecified atom stereocenters. The Morgan fingerprint density at radius 2 is 1.71 bits per heavy atom. The molecule has 0 spiro atoms. The van der Waals surface area contributed by atoms with Crippen LogP contribution < -0.4 is 15.4 Å². The molecule has 0 bridgehead atoms. The van der Waals surface area contributed by atoms with Crippen molar-refractivity contribution in [2.45, 2.75) is 39.8 Å². The average Bonchev–Trinajstić information content (AvgIpc) is 2.39. The van der Waals surface area contributed by atoms with Crippen molar-refractivity contribution >= 4 is 18.3 Å². The van der Waals surface area contributed by atoms with Crippen LogP contribution in [0.25, 0.3) is 0 Å². The smallest absolute Gasteiger partial charge is 0.224 e. The van der Waals surface area contributed by atoms with Crippen molar-refractivity contribution in [3.05, 3.63) is 29.8 Å². The molecule has 1 aromatic rings. The van der Waals surface area contributed by atoms with Gasteiger partial charge in [0, 0.05) is 12.5 Å². The van der Waals surface area contributed by atoms with Gasteiger partial charge in [0.15, 0.2) is 0 Å². The third-order valence-electron chi connectivity index (χ3n) is 3.07. The number of rotatable bonds is 7. The summed E-state index contributed by atoms with van der Waals surface area (Å²) in [7, 11) is 1.85. The third-order valence-corrected chi connectivity index (χ3v) is 3.07. The number of ether oxygens (including phenoxy) is 1. The zero-order valence-corrected chi connectivity index (χ0v) is 14.3. The molecular weight excluding hydrogens is 288 g/mol. The molecule has 0 radical (unpaired) electrons. The second-order valence-electron chi connectivity index (χ2n) is 5.42. The second-order valence-corrected chi connectivity index (χ2v) is 5.42. The maximum atomic E-state index is 12.0. The highest BCUT2D eigenvalue weighted by molar-refractivity contribution is 5.85. The van der Waals surface area contributed by atoms with Crippen LogP contribution in [0.2, 0.25) is 0 Å². The molecule has 1 amide bonds. The SMILES string of the molecule is CNCC(C)C(=O)NC(C)c1ccc(OC(C)C)cc1.Cl. The van der Waals surface area contributed by atoms with Crippen molar-refractivity contribution in [1.82, 2.24) is 10.6 Å². The van der Waals surface area contributed by atoms with Gasteiger partial charge in [-0.25, -0.2) is 0 Å². The zero-order valence-electron chi connectivity index (χ0n) is 13.5. The second kappa shape index (κ2) is 9.64. The zero-order chi connectivity index (χ0) is 15.1. The normalized spacial score (nSPS) is 13.2. The summed E-state index contributed by atoms with van der Waals surface area (Å²) in [5.41, 5.74) is 1.08. The first-order valence-corrected chi connectivity index (χ1v) is 7.15. The minimum Gasteiger partial charge on any atom is -0.491 e. The van der Waals surface area contributed by atoms with Gasteiger partial charge in [-0.05, 0) is 45.5 Å². The van der Waals surface area contributed by atoms with Gasteiger partial charge in [0.2, 0.25) is 5.91 Å². The number of hydrogen-bond donors (Lipinski definition) is 2. The van der Waals surface area contributed by atoms with Gasteiger partial charge in [0.05, 0.1) is 12.1 Å². The molecular formula is C16H27ClN2O2. The van der Waals surface area contributed by atoms with Crippen LogP contribution in [0.4, 0.5) is 0 Å². The predicted octanol–water partition coefficient (Wildman–Crippen LogP) is 2.93. The van der Waals surface area contributed by atoms with Crippen molar-refractivity contribution in [3.63, 3.8) is 0 Å². The summed E-state index contributed by atoms with van der Waals surface area (Å²) in [5, 5.41) is 6.03. The van der Waals surface area contributed by atoms with Crippen molar-refractivity contribution in [1.29, 1.82) is 0 Å². The maximum absolute atomic E-state index is 12.0. The summed E-state index contributed by atoms with van der Waals surface area (Å²) in [6.07, 6.45) is 0.167. The highest BCUT2D eigenvalue weighted by Gasteiger charge is 2.15. The summed E-state index contributed by atoms with van der Waals surface area (Å²) in [6, 6.07) is 7.86. The Labute approximate surface area is 134 Å². The Hall–Kier alpha value is -1.26. The van der Waals surface area contributed by atoms with Crippen molar-refractivity contribution in [2.24, 2.45) is 5.92 Å². The standard InChI is InChI=1S/C16H26N2O2.ClH/c1-11(2)20-15-8-6-14(7-9-15)13(4)18-16(19)12(3)10-17-5;/h6-9,11-13,17H,10H2,1-5H3,(H,18,19);1H. The Morgan fingerprint density at radius 3 is 2.19 bits per heavy atom. The van der Waals surface area contributed by atoms with E-state index in [1.165, 1.54) is 0 Å². The fraction of sp³-hybridized carbons (Fsp3) is 0.562. The Balaban J connectivity index is 0.00000400. The highest BCUT2D eigenvalue weighted by atomic mass is 35.5. The number of amides is 1. The van der Waals surface area contributed by atoms with Crippen LogP contribution >= 0.6 is 12.4 Å². The van der Waals surface area contributed by atoms with Crippen molar-refractivity contribution in [2.75, 3.05) is 13.6 Å². The van der Waals surface area contributed by atoms with Gasteiger partial charge >= 0.3 is 0 Å². The maximum Gasteiger partial charge on any atom is 0.224 e. The number of nitrogens with one attached hydrogen (secondary N) is 2. The van der Waals surface area contributed by atoms with Crippen LogP contribution in [0.3, 0.4) is 0 Å². The molecule has 0 saturated heterocycles. The van der Waals surface area contributed by atoms with E-state index < -0.39 is 0 Å². The minimum atomic E-state index is -0.0361. The number of carbonyl (C=O) groups is 1. The average molecular weight is 315 g/mol. The molecule has 0 heterocycles. The Morgan fingerprint density at radius 1 is 1.14 bits per heavy atom. The van der Waals surface area contributed by atoms with Gasteiger partial charge in [-0.3, -0.25) is 4.79 Å². The van der Waals surface area contributed by atoms with Crippen molar-refractivity contribution in [3.8, 4) is 5.75 Å². The molecule has 0 fully saturated rings. The molecule has 2 N–H and O–H groups in total. The lowest BCUT2D eigenvalue weighted by molar-refractivity contribution is -0.125. The molecule has 5 heteroatoms. The van der Waals surface area contributed by atoms with Gasteiger partial charge in [0.1, 0.15) is 5.75 Å². The summed E-state index contributed by atoms with van der Waals surface area (Å²) in [6.45, 7) is 8.58. The molecule has 0 saturated carbocycles. The van der Waals surface area contributed by atoms with E-state index in [-0.39, 0.29) is 36.4 Å². The van der Waals surface area contributed by atoms with Gasteiger partial charge in [0.25, 0.3) is 0 Å². The van der Waals surface area contributed by atoms with E-state index >= 15 is 0 Å². The number of benzene rings is 1. The first kappa shape index (κ1) is 19.7. The van der Waals surface area contributed by atoms with Gasteiger partial charge in [-0.2, -0.15) is 0 Å². The van der Waals surface area contributed by atoms with Gasteiger partial charge in [-0.15, -0.1) is 12.4 Å². The quantitative estimate of drug-likeness (QED) is 0.813. The highest BCUT2D eigenvalue weighted by Crippen LogP contribution is 2.18. The Bertz CT molecular complexity index is 421. The lowest BCUT2D eigenvalue weighted by atomic mass is 10.1. The molecule has 2 atom stereocenters. The topological polar surface area (TPSA) is 50.4 Å². The first-order chi connectivity index (χ1) is 9.43. The number of carbonyl (C=O) groups excluding carboxylic acids is 1. The fourth-order valence-electron chi connectivity index (χ4n) is 1.95. The van der Waals surface area contributed by atoms with E-state index in [2.05, 4.69) is 10.6 Å². The molecule has 120 valence electrons. The van der Waals surface area contributed by atoms with Gasteiger partial charge in [-0.1, -0.05) is 19.1 Å². The van der Waals surface area contributed by atoms with Crippen LogP contribution in [-0.2, 0) is 4.79 Å². The third kappa shape index (κ3) is 6.82. The van der Waals surface area contributed by atoms with E-state index in [0.29, 0.717) is 6.54 Å². The molecule has 0 aliphatic heterocycles. The van der Waals surface area contributed by atoms with E-state index in [4.69, 9.17) is 4.74 Å². The van der Waals surface area contributed by atoms with Crippen LogP contribution in [0.15, 0.2) is 24.3 Å². The van der Waals surface area contributed by atoms with E-state index in [9.17, 15) is 4.79 Å². The van der Waals surface area contributed by atoms with Crippen LogP contribution in [0.1, 0.15) is 39.3 Å². The van der Waals surface area contributed by atoms with Crippen molar-refractivity contribution < 1.29 is 9.53 Å². The summed E-state index contributed by atoms with van der Waals surface area (Å²) in [4.78, 5) is 12.0. The molecule has 1 rings (SSSR count). The Kier molecular flexibility index (Phi) is 9.06. The van der Waals surface area contributed by atoms with E-state index in [0.717, 1.165) is 11.3 Å². The fourth-order valence-corrected chi connectivity index (χ4v) is 1.95. The monoisotopic (exact) mass is 314 g/mol. The number of halogens is 1. The molecule has 1 aromatic carbocycles. The summed E-state index contributed by atoms with van der Waals surface area (Å²) in [5.74, 6) is 0.881. The molecule has 0 aromatic heterocycles. The summed E-state index contributed by atoms with van der Waals surface area (Å²) >= 11 is 0. The van der Waals surface area contributed by atoms with Crippen LogP contribution in [0.5, 0.6) is 5.75 Å².